The van der Waals surface area contributed by atoms with Crippen LogP contribution in [0.15, 0.2) is 76.8 Å². The fourth-order valence-electron chi connectivity index (χ4n) is 3.81. The second kappa shape index (κ2) is 8.31. The topological polar surface area (TPSA) is 74.7 Å². The van der Waals surface area contributed by atoms with Crippen LogP contribution < -0.4 is 9.47 Å². The van der Waals surface area contributed by atoms with Crippen LogP contribution >= 0.6 is 11.3 Å². The number of hydrogen-bond acceptors (Lipinski definition) is 7. The zero-order chi connectivity index (χ0) is 23.1. The minimum absolute atomic E-state index is 0.415. The molecule has 0 saturated heterocycles. The Kier molecular flexibility index (Phi) is 5.00. The molecule has 0 radical (unpaired) electrons. The van der Waals surface area contributed by atoms with Gasteiger partial charge in [-0.15, -0.1) is 11.3 Å². The predicted molar refractivity (Wildman–Crippen MR) is 131 cm³/mol. The molecular weight excluding hydrogens is 448 g/mol. The van der Waals surface area contributed by atoms with Crippen molar-refractivity contribution in [3.05, 3.63) is 83.6 Å². The summed E-state index contributed by atoms with van der Waals surface area (Å²) >= 11 is 1.62. The first kappa shape index (κ1) is 20.4. The average Bonchev–Trinajstić information content (AvgIpc) is 3.61. The van der Waals surface area contributed by atoms with Crippen molar-refractivity contribution in [2.75, 3.05) is 7.11 Å². The zero-order valence-electron chi connectivity index (χ0n) is 18.6. The van der Waals surface area contributed by atoms with Crippen LogP contribution in [-0.2, 0) is 6.61 Å². The van der Waals surface area contributed by atoms with Crippen molar-refractivity contribution in [2.45, 2.75) is 13.5 Å². The van der Waals surface area contributed by atoms with Crippen molar-refractivity contribution in [2.24, 2.45) is 0 Å². The van der Waals surface area contributed by atoms with Gasteiger partial charge in [-0.1, -0.05) is 24.3 Å². The van der Waals surface area contributed by atoms with Crippen molar-refractivity contribution in [1.29, 1.82) is 0 Å². The van der Waals surface area contributed by atoms with Gasteiger partial charge in [-0.2, -0.15) is 5.10 Å². The van der Waals surface area contributed by atoms with Gasteiger partial charge in [0.25, 0.3) is 0 Å². The maximum atomic E-state index is 6.21. The number of aryl methyl sites for hydroxylation is 1. The lowest BCUT2D eigenvalue weighted by Gasteiger charge is -2.09. The summed E-state index contributed by atoms with van der Waals surface area (Å²) in [5.41, 5.74) is 5.21. The number of ether oxygens (including phenoxy) is 2. The number of benzene rings is 2. The van der Waals surface area contributed by atoms with E-state index in [1.54, 1.807) is 23.0 Å². The third-order valence-corrected chi connectivity index (χ3v) is 6.36. The second-order valence-corrected chi connectivity index (χ2v) is 8.77. The number of aromatic nitrogens is 4. The highest BCUT2D eigenvalue weighted by atomic mass is 32.1. The van der Waals surface area contributed by atoms with E-state index in [1.807, 2.05) is 55.0 Å². The Bertz CT molecular complexity index is 1600. The third kappa shape index (κ3) is 3.78. The molecule has 8 heteroatoms. The Morgan fingerprint density at radius 2 is 1.94 bits per heavy atom. The molecule has 4 aromatic heterocycles. The number of thiazole rings is 1. The molecule has 2 aromatic carbocycles. The van der Waals surface area contributed by atoms with Crippen LogP contribution in [0.3, 0.4) is 0 Å². The summed E-state index contributed by atoms with van der Waals surface area (Å²) in [7, 11) is 1.63. The summed E-state index contributed by atoms with van der Waals surface area (Å²) in [6.07, 6.45) is 3.68. The molecule has 0 unspecified atom stereocenters. The van der Waals surface area contributed by atoms with Gasteiger partial charge in [-0.3, -0.25) is 0 Å². The normalized spacial score (nSPS) is 11.4. The van der Waals surface area contributed by atoms with Crippen LogP contribution in [0.4, 0.5) is 0 Å². The molecule has 7 nitrogen and oxygen atoms in total. The van der Waals surface area contributed by atoms with E-state index < -0.39 is 0 Å². The molecular formula is C26H20N4O3S. The summed E-state index contributed by atoms with van der Waals surface area (Å²) in [6.45, 7) is 2.36. The first-order chi connectivity index (χ1) is 16.7. The number of fused-ring (bicyclic) bond motifs is 2. The lowest BCUT2D eigenvalue weighted by molar-refractivity contribution is 0.307. The van der Waals surface area contributed by atoms with E-state index in [0.717, 1.165) is 32.9 Å². The summed E-state index contributed by atoms with van der Waals surface area (Å²) in [5, 5.41) is 8.31. The molecule has 0 N–H and O–H groups in total. The predicted octanol–water partition coefficient (Wildman–Crippen LogP) is 6.16. The number of methoxy groups -OCH3 is 1. The molecule has 0 atom stereocenters. The maximum Gasteiger partial charge on any atom is 0.155 e. The quantitative estimate of drug-likeness (QED) is 0.291. The third-order valence-electron chi connectivity index (χ3n) is 5.54. The number of rotatable bonds is 6. The summed E-state index contributed by atoms with van der Waals surface area (Å²) in [4.78, 5) is 9.01. The Balaban J connectivity index is 1.31. The molecule has 0 bridgehead atoms. The van der Waals surface area contributed by atoms with Crippen molar-refractivity contribution in [3.63, 3.8) is 0 Å². The molecule has 4 heterocycles. The summed E-state index contributed by atoms with van der Waals surface area (Å²) in [5.74, 6) is 1.99. The van der Waals surface area contributed by atoms with Gasteiger partial charge < -0.3 is 13.9 Å². The lowest BCUT2D eigenvalue weighted by Crippen LogP contribution is -1.96. The van der Waals surface area contributed by atoms with Crippen LogP contribution in [0.25, 0.3) is 38.6 Å². The second-order valence-electron chi connectivity index (χ2n) is 7.87. The Hall–Kier alpha value is -4.17. The van der Waals surface area contributed by atoms with Crippen LogP contribution in [0.1, 0.15) is 11.3 Å². The highest BCUT2D eigenvalue weighted by Crippen LogP contribution is 2.37. The molecule has 6 rings (SSSR count). The largest absolute Gasteiger partial charge is 0.496 e. The van der Waals surface area contributed by atoms with Gasteiger partial charge in [-0.25, -0.2) is 14.5 Å². The summed E-state index contributed by atoms with van der Waals surface area (Å²) in [6, 6.07) is 17.8. The van der Waals surface area contributed by atoms with E-state index >= 15 is 0 Å². The molecule has 0 fully saturated rings. The van der Waals surface area contributed by atoms with Gasteiger partial charge in [-0.05, 0) is 30.7 Å². The van der Waals surface area contributed by atoms with Gasteiger partial charge in [0.15, 0.2) is 11.4 Å². The monoisotopic (exact) mass is 468 g/mol. The number of imidazole rings is 1. The molecule has 0 aliphatic heterocycles. The SMILES string of the molecule is COc1cc(OCc2ccc(-c3nccs3)cc2)c2cc(-c3cn4nc(C)ccc4n3)oc2c1. The minimum Gasteiger partial charge on any atom is -0.496 e. The van der Waals surface area contributed by atoms with E-state index in [-0.39, 0.29) is 0 Å². The lowest BCUT2D eigenvalue weighted by atomic mass is 10.1. The van der Waals surface area contributed by atoms with E-state index in [9.17, 15) is 0 Å². The molecule has 168 valence electrons. The molecule has 0 spiro atoms. The van der Waals surface area contributed by atoms with Gasteiger partial charge in [0.1, 0.15) is 34.4 Å². The standard InChI is InChI=1S/C26H20N4O3S/c1-16-3-8-25-28-21(14-30(25)29-16)24-13-20-22(11-19(31-2)12-23(20)33-24)32-15-17-4-6-18(7-5-17)26-27-9-10-34-26/h3-14H,15H2,1-2H3. The molecule has 0 saturated carbocycles. The molecule has 0 aliphatic carbocycles. The maximum absolute atomic E-state index is 6.21. The van der Waals surface area contributed by atoms with Gasteiger partial charge in [0.2, 0.25) is 0 Å². The number of nitrogens with zero attached hydrogens (tertiary/aromatic N) is 4. The smallest absolute Gasteiger partial charge is 0.155 e. The van der Waals surface area contributed by atoms with E-state index in [4.69, 9.17) is 13.9 Å². The van der Waals surface area contributed by atoms with Crippen molar-refractivity contribution >= 4 is 28.0 Å². The Morgan fingerprint density at radius 3 is 2.74 bits per heavy atom. The van der Waals surface area contributed by atoms with E-state index in [0.29, 0.717) is 35.1 Å². The van der Waals surface area contributed by atoms with E-state index in [2.05, 4.69) is 39.3 Å². The fraction of sp³-hybridized carbons (Fsp3) is 0.115. The highest BCUT2D eigenvalue weighted by Gasteiger charge is 2.16. The molecule has 0 aliphatic rings. The van der Waals surface area contributed by atoms with Crippen molar-refractivity contribution < 1.29 is 13.9 Å². The average molecular weight is 469 g/mol. The first-order valence-corrected chi connectivity index (χ1v) is 11.6. The Labute approximate surface area is 199 Å². The molecule has 0 amide bonds. The summed E-state index contributed by atoms with van der Waals surface area (Å²) < 4.78 is 19.6. The highest BCUT2D eigenvalue weighted by molar-refractivity contribution is 7.13. The fourth-order valence-corrected chi connectivity index (χ4v) is 4.46. The van der Waals surface area contributed by atoms with Crippen LogP contribution in [0.5, 0.6) is 11.5 Å². The number of furan rings is 1. The van der Waals surface area contributed by atoms with Gasteiger partial charge >= 0.3 is 0 Å². The first-order valence-electron chi connectivity index (χ1n) is 10.7. The van der Waals surface area contributed by atoms with E-state index in [1.165, 1.54) is 0 Å². The molecule has 6 aromatic rings. The van der Waals surface area contributed by atoms with Crippen LogP contribution in [0.2, 0.25) is 0 Å². The Morgan fingerprint density at radius 1 is 1.06 bits per heavy atom. The molecule has 34 heavy (non-hydrogen) atoms. The van der Waals surface area contributed by atoms with Gasteiger partial charge in [0, 0.05) is 29.3 Å². The minimum atomic E-state index is 0.415. The van der Waals surface area contributed by atoms with Crippen LogP contribution in [0, 0.1) is 6.92 Å². The van der Waals surface area contributed by atoms with Gasteiger partial charge in [0.05, 0.1) is 24.4 Å². The number of hydrogen-bond donors (Lipinski definition) is 0. The van der Waals surface area contributed by atoms with Crippen molar-refractivity contribution in [3.8, 4) is 33.5 Å². The van der Waals surface area contributed by atoms with Crippen LogP contribution in [-0.4, -0.2) is 26.7 Å². The van der Waals surface area contributed by atoms with Crippen molar-refractivity contribution in [1.82, 2.24) is 19.6 Å². The zero-order valence-corrected chi connectivity index (χ0v) is 19.4.